The molecule has 34 heavy (non-hydrogen) atoms. The quantitative estimate of drug-likeness (QED) is 0.653. The molecule has 0 aliphatic carbocycles. The molecular formula is C26H35N3O4S. The fourth-order valence-corrected chi connectivity index (χ4v) is 6.45. The molecule has 1 aliphatic heterocycles. The lowest BCUT2D eigenvalue weighted by Crippen LogP contribution is -2.51. The molecule has 2 aromatic carbocycles. The molecule has 1 saturated heterocycles. The van der Waals surface area contributed by atoms with Gasteiger partial charge in [0, 0.05) is 39.1 Å². The van der Waals surface area contributed by atoms with E-state index in [0.717, 1.165) is 33.4 Å². The van der Waals surface area contributed by atoms with Gasteiger partial charge >= 0.3 is 0 Å². The van der Waals surface area contributed by atoms with Crippen molar-refractivity contribution in [2.45, 2.75) is 52.4 Å². The van der Waals surface area contributed by atoms with E-state index in [0.29, 0.717) is 18.0 Å². The van der Waals surface area contributed by atoms with Crippen LogP contribution in [0.2, 0.25) is 0 Å². The van der Waals surface area contributed by atoms with Gasteiger partial charge < -0.3 is 10.2 Å². The minimum absolute atomic E-state index is 0.0774. The molecule has 0 bridgehead atoms. The fraction of sp³-hybridized carbons (Fsp3) is 0.462. The molecule has 3 rings (SSSR count). The maximum Gasteiger partial charge on any atom is 0.243 e. The maximum atomic E-state index is 13.5. The summed E-state index contributed by atoms with van der Waals surface area (Å²) in [5.41, 5.74) is 5.65. The Bertz CT molecular complexity index is 1140. The smallest absolute Gasteiger partial charge is 0.243 e. The van der Waals surface area contributed by atoms with Gasteiger partial charge in [-0.15, -0.1) is 0 Å². The van der Waals surface area contributed by atoms with Gasteiger partial charge in [0.25, 0.3) is 0 Å². The van der Waals surface area contributed by atoms with E-state index < -0.39 is 10.0 Å². The second-order valence-corrected chi connectivity index (χ2v) is 10.9. The number of rotatable bonds is 7. The van der Waals surface area contributed by atoms with Crippen LogP contribution >= 0.6 is 0 Å². The van der Waals surface area contributed by atoms with Crippen LogP contribution in [0.5, 0.6) is 0 Å². The van der Waals surface area contributed by atoms with Crippen LogP contribution in [0.25, 0.3) is 0 Å². The van der Waals surface area contributed by atoms with E-state index in [-0.39, 0.29) is 44.3 Å². The second-order valence-electron chi connectivity index (χ2n) is 9.00. The molecule has 0 atom stereocenters. The van der Waals surface area contributed by atoms with E-state index >= 15 is 0 Å². The molecule has 1 heterocycles. The van der Waals surface area contributed by atoms with Gasteiger partial charge in [0.1, 0.15) is 0 Å². The molecule has 0 spiro atoms. The summed E-state index contributed by atoms with van der Waals surface area (Å²) >= 11 is 0. The summed E-state index contributed by atoms with van der Waals surface area (Å²) in [5.74, 6) is -0.198. The predicted octanol–water partition coefficient (Wildman–Crippen LogP) is 2.81. The Morgan fingerprint density at radius 3 is 1.91 bits per heavy atom. The highest BCUT2D eigenvalue weighted by atomic mass is 32.2. The van der Waals surface area contributed by atoms with Crippen molar-refractivity contribution in [3.05, 3.63) is 63.7 Å². The van der Waals surface area contributed by atoms with Crippen molar-refractivity contribution in [1.82, 2.24) is 14.5 Å². The molecule has 7 nitrogen and oxygen atoms in total. The van der Waals surface area contributed by atoms with Gasteiger partial charge in [0.05, 0.1) is 11.3 Å². The van der Waals surface area contributed by atoms with Crippen molar-refractivity contribution in [3.63, 3.8) is 0 Å². The molecule has 184 valence electrons. The summed E-state index contributed by atoms with van der Waals surface area (Å²) < 4.78 is 28.5. The van der Waals surface area contributed by atoms with Crippen LogP contribution in [-0.4, -0.2) is 62.2 Å². The number of nitrogens with one attached hydrogen (secondary N) is 1. The Balaban J connectivity index is 1.55. The molecule has 2 amide bonds. The van der Waals surface area contributed by atoms with Gasteiger partial charge in [-0.25, -0.2) is 8.42 Å². The van der Waals surface area contributed by atoms with Crippen LogP contribution in [0.3, 0.4) is 0 Å². The zero-order valence-corrected chi connectivity index (χ0v) is 21.6. The molecule has 0 unspecified atom stereocenters. The van der Waals surface area contributed by atoms with Gasteiger partial charge in [-0.2, -0.15) is 4.31 Å². The first kappa shape index (κ1) is 25.9. The van der Waals surface area contributed by atoms with E-state index in [2.05, 4.69) is 5.32 Å². The van der Waals surface area contributed by atoms with Crippen molar-refractivity contribution < 1.29 is 18.0 Å². The number of hydrogen-bond acceptors (Lipinski definition) is 4. The van der Waals surface area contributed by atoms with Gasteiger partial charge in [0.15, 0.2) is 0 Å². The molecule has 1 N–H and O–H groups in total. The topological polar surface area (TPSA) is 86.8 Å². The highest BCUT2D eigenvalue weighted by Gasteiger charge is 2.33. The minimum atomic E-state index is -3.65. The summed E-state index contributed by atoms with van der Waals surface area (Å²) in [7, 11) is -3.65. The average Bonchev–Trinajstić information content (AvgIpc) is 2.82. The SMILES string of the molecule is Cc1c(C)c(C)c(S(=O)(=O)N2CCN(C(=O)CCNC(=O)Cc3ccccc3)CC2)c(C)c1C. The van der Waals surface area contributed by atoms with Crippen LogP contribution in [-0.2, 0) is 26.0 Å². The van der Waals surface area contributed by atoms with Crippen LogP contribution in [0.15, 0.2) is 35.2 Å². The average molecular weight is 486 g/mol. The highest BCUT2D eigenvalue weighted by Crippen LogP contribution is 2.31. The Labute approximate surface area is 203 Å². The van der Waals surface area contributed by atoms with Crippen LogP contribution in [0.4, 0.5) is 0 Å². The Morgan fingerprint density at radius 1 is 0.824 bits per heavy atom. The Hall–Kier alpha value is -2.71. The van der Waals surface area contributed by atoms with Crippen LogP contribution in [0, 0.1) is 34.6 Å². The van der Waals surface area contributed by atoms with Crippen molar-refractivity contribution in [2.24, 2.45) is 0 Å². The molecule has 1 fully saturated rings. The summed E-state index contributed by atoms with van der Waals surface area (Å²) in [6, 6.07) is 9.45. The number of sulfonamides is 1. The molecule has 0 aromatic heterocycles. The van der Waals surface area contributed by atoms with E-state index in [1.165, 1.54) is 4.31 Å². The predicted molar refractivity (Wildman–Crippen MR) is 133 cm³/mol. The zero-order valence-electron chi connectivity index (χ0n) is 20.8. The summed E-state index contributed by atoms with van der Waals surface area (Å²) in [4.78, 5) is 26.8. The first-order valence-electron chi connectivity index (χ1n) is 11.7. The molecule has 1 aliphatic rings. The van der Waals surface area contributed by atoms with Gasteiger partial charge in [-0.1, -0.05) is 30.3 Å². The number of piperazine rings is 1. The van der Waals surface area contributed by atoms with E-state index in [1.807, 2.05) is 65.0 Å². The minimum Gasteiger partial charge on any atom is -0.355 e. The van der Waals surface area contributed by atoms with Crippen molar-refractivity contribution in [3.8, 4) is 0 Å². The Morgan fingerprint density at radius 2 is 1.35 bits per heavy atom. The standard InChI is InChI=1S/C26H35N3O4S/c1-18-19(2)21(4)26(22(5)20(18)3)34(32,33)29-15-13-28(14-16-29)25(31)11-12-27-24(30)17-23-9-7-6-8-10-23/h6-10H,11-17H2,1-5H3,(H,27,30). The monoisotopic (exact) mass is 485 g/mol. The van der Waals surface area contributed by atoms with E-state index in [4.69, 9.17) is 0 Å². The number of hydrogen-bond donors (Lipinski definition) is 1. The second kappa shape index (κ2) is 10.7. The summed E-state index contributed by atoms with van der Waals surface area (Å²) in [6.45, 7) is 11.2. The lowest BCUT2D eigenvalue weighted by molar-refractivity contribution is -0.132. The summed E-state index contributed by atoms with van der Waals surface area (Å²) in [5, 5.41) is 2.79. The van der Waals surface area contributed by atoms with Crippen LogP contribution < -0.4 is 5.32 Å². The van der Waals surface area contributed by atoms with Crippen molar-refractivity contribution in [2.75, 3.05) is 32.7 Å². The van der Waals surface area contributed by atoms with Gasteiger partial charge in [0.2, 0.25) is 21.8 Å². The third kappa shape index (κ3) is 5.50. The van der Waals surface area contributed by atoms with Crippen molar-refractivity contribution >= 4 is 21.8 Å². The van der Waals surface area contributed by atoms with Crippen molar-refractivity contribution in [1.29, 1.82) is 0 Å². The summed E-state index contributed by atoms with van der Waals surface area (Å²) in [6.07, 6.45) is 0.476. The number of benzene rings is 2. The van der Waals surface area contributed by atoms with E-state index in [1.54, 1.807) is 4.90 Å². The molecule has 8 heteroatoms. The molecule has 0 radical (unpaired) electrons. The normalized spacial score (nSPS) is 14.8. The number of amides is 2. The van der Waals surface area contributed by atoms with Gasteiger partial charge in [-0.05, 0) is 68.0 Å². The maximum absolute atomic E-state index is 13.5. The zero-order chi connectivity index (χ0) is 25.0. The molecule has 0 saturated carbocycles. The van der Waals surface area contributed by atoms with E-state index in [9.17, 15) is 18.0 Å². The third-order valence-electron chi connectivity index (χ3n) is 6.99. The number of carbonyl (C=O) groups excluding carboxylic acids is 2. The lowest BCUT2D eigenvalue weighted by Gasteiger charge is -2.35. The fourth-order valence-electron chi connectivity index (χ4n) is 4.47. The van der Waals surface area contributed by atoms with Crippen LogP contribution in [0.1, 0.15) is 39.8 Å². The highest BCUT2D eigenvalue weighted by molar-refractivity contribution is 7.89. The first-order chi connectivity index (χ1) is 16.0. The number of nitrogens with zero attached hydrogens (tertiary/aromatic N) is 2. The largest absolute Gasteiger partial charge is 0.355 e. The molecular weight excluding hydrogens is 450 g/mol. The molecule has 2 aromatic rings. The van der Waals surface area contributed by atoms with Gasteiger partial charge in [-0.3, -0.25) is 9.59 Å². The number of carbonyl (C=O) groups is 2. The lowest BCUT2D eigenvalue weighted by atomic mass is 9.95. The Kier molecular flexibility index (Phi) is 8.15. The first-order valence-corrected chi connectivity index (χ1v) is 13.1. The third-order valence-corrected chi connectivity index (χ3v) is 9.16.